The molecule has 28 heavy (non-hydrogen) atoms. The molecule has 0 aliphatic carbocycles. The van der Waals surface area contributed by atoms with Gasteiger partial charge in [-0.25, -0.2) is 9.97 Å². The summed E-state index contributed by atoms with van der Waals surface area (Å²) in [5.41, 5.74) is 5.48. The molecule has 0 bridgehead atoms. The van der Waals surface area contributed by atoms with Crippen LogP contribution in [0.25, 0.3) is 32.5 Å². The molecule has 0 aliphatic rings. The summed E-state index contributed by atoms with van der Waals surface area (Å²) in [6.07, 6.45) is 2.22. The maximum Gasteiger partial charge on any atom is 0.152 e. The standard InChI is InChI=1S/C23H22N2OS2/c1-3-4-13-26-19-11-9-18(10-12-19)21-15-28-23(25-21)22-24-20(14-27-22)17-7-5-16(2)6-8-17/h5-12,14-15H,3-4,13H2,1-2H3. The van der Waals surface area contributed by atoms with E-state index in [0.29, 0.717) is 0 Å². The third kappa shape index (κ3) is 4.32. The van der Waals surface area contributed by atoms with Crippen molar-refractivity contribution < 1.29 is 4.74 Å². The molecule has 2 heterocycles. The summed E-state index contributed by atoms with van der Waals surface area (Å²) in [6.45, 7) is 5.03. The molecule has 0 saturated heterocycles. The molecule has 0 aliphatic heterocycles. The van der Waals surface area contributed by atoms with Crippen LogP contribution in [-0.4, -0.2) is 16.6 Å². The van der Waals surface area contributed by atoms with Crippen LogP contribution in [0.1, 0.15) is 25.3 Å². The second-order valence-corrected chi connectivity index (χ2v) is 8.38. The Labute approximate surface area is 173 Å². The molecule has 0 N–H and O–H groups in total. The van der Waals surface area contributed by atoms with Crippen LogP contribution < -0.4 is 4.74 Å². The van der Waals surface area contributed by atoms with E-state index in [-0.39, 0.29) is 0 Å². The summed E-state index contributed by atoms with van der Waals surface area (Å²) in [5, 5.41) is 6.12. The monoisotopic (exact) mass is 406 g/mol. The normalized spacial score (nSPS) is 10.9. The lowest BCUT2D eigenvalue weighted by atomic mass is 10.1. The Bertz CT molecular complexity index is 1030. The lowest BCUT2D eigenvalue weighted by molar-refractivity contribution is 0.309. The first-order valence-corrected chi connectivity index (χ1v) is 11.2. The van der Waals surface area contributed by atoms with Gasteiger partial charge in [-0.05, 0) is 37.6 Å². The zero-order valence-electron chi connectivity index (χ0n) is 16.0. The summed E-state index contributed by atoms with van der Waals surface area (Å²) in [7, 11) is 0. The van der Waals surface area contributed by atoms with E-state index in [2.05, 4.69) is 61.0 Å². The van der Waals surface area contributed by atoms with Gasteiger partial charge in [-0.1, -0.05) is 43.2 Å². The van der Waals surface area contributed by atoms with Crippen LogP contribution >= 0.6 is 22.7 Å². The van der Waals surface area contributed by atoms with Gasteiger partial charge in [-0.3, -0.25) is 0 Å². The van der Waals surface area contributed by atoms with E-state index in [1.165, 1.54) is 5.56 Å². The van der Waals surface area contributed by atoms with Gasteiger partial charge in [0.25, 0.3) is 0 Å². The van der Waals surface area contributed by atoms with Crippen molar-refractivity contribution >= 4 is 22.7 Å². The summed E-state index contributed by atoms with van der Waals surface area (Å²) in [4.78, 5) is 9.59. The summed E-state index contributed by atoms with van der Waals surface area (Å²) < 4.78 is 5.74. The number of rotatable bonds is 7. The second-order valence-electron chi connectivity index (χ2n) is 6.67. The molecule has 0 spiro atoms. The van der Waals surface area contributed by atoms with Crippen LogP contribution in [0.4, 0.5) is 0 Å². The number of thiazole rings is 2. The fourth-order valence-electron chi connectivity index (χ4n) is 2.79. The van der Waals surface area contributed by atoms with Gasteiger partial charge in [-0.2, -0.15) is 0 Å². The molecule has 2 aromatic heterocycles. The predicted octanol–water partition coefficient (Wildman–Crippen LogP) is 7.09. The zero-order chi connectivity index (χ0) is 19.3. The Kier molecular flexibility index (Phi) is 5.84. The van der Waals surface area contributed by atoms with E-state index in [9.17, 15) is 0 Å². The number of hydrogen-bond acceptors (Lipinski definition) is 5. The number of unbranched alkanes of at least 4 members (excludes halogenated alkanes) is 1. The van der Waals surface area contributed by atoms with Gasteiger partial charge in [0.05, 0.1) is 18.0 Å². The zero-order valence-corrected chi connectivity index (χ0v) is 17.6. The highest BCUT2D eigenvalue weighted by Gasteiger charge is 2.12. The molecular weight excluding hydrogens is 384 g/mol. The average molecular weight is 407 g/mol. The molecule has 4 rings (SSSR count). The average Bonchev–Trinajstić information content (AvgIpc) is 3.39. The van der Waals surface area contributed by atoms with E-state index < -0.39 is 0 Å². The maximum atomic E-state index is 5.74. The highest BCUT2D eigenvalue weighted by Crippen LogP contribution is 2.33. The van der Waals surface area contributed by atoms with Crippen LogP contribution in [0.15, 0.2) is 59.3 Å². The smallest absolute Gasteiger partial charge is 0.152 e. The molecule has 0 atom stereocenters. The molecule has 5 heteroatoms. The Morgan fingerprint density at radius 1 is 0.786 bits per heavy atom. The van der Waals surface area contributed by atoms with Gasteiger partial charge < -0.3 is 4.74 Å². The number of aryl methyl sites for hydroxylation is 1. The van der Waals surface area contributed by atoms with E-state index in [0.717, 1.165) is 57.7 Å². The first-order chi connectivity index (χ1) is 13.7. The van der Waals surface area contributed by atoms with Crippen LogP contribution in [0, 0.1) is 6.92 Å². The minimum absolute atomic E-state index is 0.768. The fourth-order valence-corrected chi connectivity index (χ4v) is 4.50. The van der Waals surface area contributed by atoms with Crippen molar-refractivity contribution in [1.29, 1.82) is 0 Å². The molecule has 2 aromatic carbocycles. The highest BCUT2D eigenvalue weighted by atomic mass is 32.1. The summed E-state index contributed by atoms with van der Waals surface area (Å²) in [5.74, 6) is 0.912. The molecule has 0 amide bonds. The summed E-state index contributed by atoms with van der Waals surface area (Å²) in [6, 6.07) is 16.6. The Hall–Kier alpha value is -2.50. The molecule has 4 aromatic rings. The molecule has 0 unspecified atom stereocenters. The van der Waals surface area contributed by atoms with Gasteiger partial charge in [0, 0.05) is 21.9 Å². The first kappa shape index (κ1) is 18.8. The van der Waals surface area contributed by atoms with Gasteiger partial charge in [0.2, 0.25) is 0 Å². The highest BCUT2D eigenvalue weighted by molar-refractivity contribution is 7.20. The quantitative estimate of drug-likeness (QED) is 0.307. The minimum Gasteiger partial charge on any atom is -0.494 e. The van der Waals surface area contributed by atoms with E-state index in [1.54, 1.807) is 22.7 Å². The van der Waals surface area contributed by atoms with E-state index in [1.807, 2.05) is 12.1 Å². The van der Waals surface area contributed by atoms with Crippen LogP contribution in [0.5, 0.6) is 5.75 Å². The van der Waals surface area contributed by atoms with Crippen LogP contribution in [0.2, 0.25) is 0 Å². The first-order valence-electron chi connectivity index (χ1n) is 9.44. The molecular formula is C23H22N2OS2. The third-order valence-electron chi connectivity index (χ3n) is 4.46. The Balaban J connectivity index is 1.49. The van der Waals surface area contributed by atoms with Crippen molar-refractivity contribution in [2.75, 3.05) is 6.61 Å². The Morgan fingerprint density at radius 2 is 1.32 bits per heavy atom. The topological polar surface area (TPSA) is 35.0 Å². The van der Waals surface area contributed by atoms with Crippen LogP contribution in [0.3, 0.4) is 0 Å². The minimum atomic E-state index is 0.768. The van der Waals surface area contributed by atoms with Crippen molar-refractivity contribution in [3.8, 4) is 38.3 Å². The van der Waals surface area contributed by atoms with E-state index in [4.69, 9.17) is 14.7 Å². The second kappa shape index (κ2) is 8.67. The number of aromatic nitrogens is 2. The lowest BCUT2D eigenvalue weighted by Crippen LogP contribution is -1.95. The van der Waals surface area contributed by atoms with Crippen molar-refractivity contribution in [1.82, 2.24) is 9.97 Å². The molecule has 0 saturated carbocycles. The van der Waals surface area contributed by atoms with Crippen molar-refractivity contribution in [2.45, 2.75) is 26.7 Å². The molecule has 142 valence electrons. The summed E-state index contributed by atoms with van der Waals surface area (Å²) >= 11 is 3.28. The largest absolute Gasteiger partial charge is 0.494 e. The number of hydrogen-bond donors (Lipinski definition) is 0. The molecule has 0 radical (unpaired) electrons. The van der Waals surface area contributed by atoms with Crippen LogP contribution in [-0.2, 0) is 0 Å². The van der Waals surface area contributed by atoms with Crippen molar-refractivity contribution in [3.63, 3.8) is 0 Å². The van der Waals surface area contributed by atoms with Crippen molar-refractivity contribution in [3.05, 3.63) is 64.9 Å². The lowest BCUT2D eigenvalue weighted by Gasteiger charge is -2.05. The fraction of sp³-hybridized carbons (Fsp3) is 0.217. The van der Waals surface area contributed by atoms with Gasteiger partial charge in [-0.15, -0.1) is 22.7 Å². The van der Waals surface area contributed by atoms with Crippen molar-refractivity contribution in [2.24, 2.45) is 0 Å². The maximum absolute atomic E-state index is 5.74. The Morgan fingerprint density at radius 3 is 1.86 bits per heavy atom. The predicted molar refractivity (Wildman–Crippen MR) is 119 cm³/mol. The number of nitrogens with zero attached hydrogens (tertiary/aromatic N) is 2. The SMILES string of the molecule is CCCCOc1ccc(-c2csc(-c3nc(-c4ccc(C)cc4)cs3)n2)cc1. The number of ether oxygens (including phenoxy) is 1. The molecule has 3 nitrogen and oxygen atoms in total. The van der Waals surface area contributed by atoms with Gasteiger partial charge >= 0.3 is 0 Å². The third-order valence-corrected chi connectivity index (χ3v) is 6.28. The van der Waals surface area contributed by atoms with Gasteiger partial charge in [0.1, 0.15) is 5.75 Å². The van der Waals surface area contributed by atoms with E-state index >= 15 is 0 Å². The number of benzene rings is 2. The molecule has 0 fully saturated rings. The van der Waals surface area contributed by atoms with Gasteiger partial charge in [0.15, 0.2) is 10.0 Å².